The van der Waals surface area contributed by atoms with Crippen LogP contribution in [0.15, 0.2) is 30.0 Å². The average Bonchev–Trinajstić information content (AvgIpc) is 2.20. The van der Waals surface area contributed by atoms with E-state index in [-0.39, 0.29) is 23.7 Å². The number of carbonyl (C=O) groups is 1. The Morgan fingerprint density at radius 2 is 2.00 bits per heavy atom. The second kappa shape index (κ2) is 4.04. The summed E-state index contributed by atoms with van der Waals surface area (Å²) in [6, 6.07) is 3.26. The van der Waals surface area contributed by atoms with Gasteiger partial charge in [-0.25, -0.2) is 8.78 Å². The summed E-state index contributed by atoms with van der Waals surface area (Å²) in [5, 5.41) is 0. The van der Waals surface area contributed by atoms with E-state index in [0.29, 0.717) is 12.1 Å². The van der Waals surface area contributed by atoms with E-state index in [9.17, 15) is 13.6 Å². The Bertz CT molecular complexity index is 468. The number of nitrogens with two attached hydrogens (primary N) is 1. The van der Waals surface area contributed by atoms with Crippen LogP contribution in [-0.2, 0) is 4.79 Å². The molecule has 0 heterocycles. The van der Waals surface area contributed by atoms with Crippen molar-refractivity contribution in [3.05, 3.63) is 47.2 Å². The van der Waals surface area contributed by atoms with Gasteiger partial charge in [0.1, 0.15) is 11.6 Å². The minimum atomic E-state index is -0.503. The van der Waals surface area contributed by atoms with Gasteiger partial charge in [0, 0.05) is 12.1 Å². The molecule has 1 aliphatic rings. The lowest BCUT2D eigenvalue weighted by Crippen LogP contribution is -2.17. The average molecular weight is 223 g/mol. The summed E-state index contributed by atoms with van der Waals surface area (Å²) in [6.07, 6.45) is 1.93. The lowest BCUT2D eigenvalue weighted by molar-refractivity contribution is -0.115. The molecule has 0 aliphatic heterocycles. The predicted molar refractivity (Wildman–Crippen MR) is 55.6 cm³/mol. The smallest absolute Gasteiger partial charge is 0.158 e. The molecule has 0 radical (unpaired) electrons. The number of hydrogen-bond donors (Lipinski definition) is 1. The number of rotatable bonds is 1. The summed E-state index contributed by atoms with van der Waals surface area (Å²) in [4.78, 5) is 11.3. The first-order valence-corrected chi connectivity index (χ1v) is 5.00. The van der Waals surface area contributed by atoms with Crippen LogP contribution in [0.2, 0.25) is 0 Å². The van der Waals surface area contributed by atoms with Gasteiger partial charge in [0.2, 0.25) is 0 Å². The van der Waals surface area contributed by atoms with Gasteiger partial charge < -0.3 is 5.73 Å². The van der Waals surface area contributed by atoms with Crippen molar-refractivity contribution in [3.63, 3.8) is 0 Å². The van der Waals surface area contributed by atoms with Crippen molar-refractivity contribution in [3.8, 4) is 0 Å². The van der Waals surface area contributed by atoms with Gasteiger partial charge in [0.25, 0.3) is 0 Å². The van der Waals surface area contributed by atoms with Crippen molar-refractivity contribution >= 4 is 5.78 Å². The molecule has 1 aliphatic carbocycles. The highest BCUT2D eigenvalue weighted by atomic mass is 19.1. The molecule has 0 bridgehead atoms. The van der Waals surface area contributed by atoms with Gasteiger partial charge in [0.15, 0.2) is 5.78 Å². The Labute approximate surface area is 91.8 Å². The number of hydrogen-bond acceptors (Lipinski definition) is 2. The molecule has 1 aromatic rings. The van der Waals surface area contributed by atoms with Crippen LogP contribution in [0.4, 0.5) is 8.78 Å². The van der Waals surface area contributed by atoms with E-state index < -0.39 is 11.6 Å². The maximum atomic E-state index is 13.5. The highest BCUT2D eigenvalue weighted by molar-refractivity contribution is 5.91. The van der Waals surface area contributed by atoms with E-state index in [2.05, 4.69) is 0 Å². The molecule has 0 aromatic heterocycles. The summed E-state index contributed by atoms with van der Waals surface area (Å²) in [7, 11) is 0. The summed E-state index contributed by atoms with van der Waals surface area (Å²) in [5.41, 5.74) is 6.21. The molecule has 84 valence electrons. The standard InChI is InChI=1S/C12H11F2NO/c13-8-1-2-12(14)11(5-8)7-3-9(15)6-10(16)4-7/h1-2,5-7H,3-4,15H2. The van der Waals surface area contributed by atoms with Crippen LogP contribution in [0.5, 0.6) is 0 Å². The van der Waals surface area contributed by atoms with E-state index in [1.807, 2.05) is 0 Å². The van der Waals surface area contributed by atoms with Crippen LogP contribution in [-0.4, -0.2) is 5.78 Å². The molecule has 1 unspecified atom stereocenters. The molecule has 0 amide bonds. The number of ketones is 1. The van der Waals surface area contributed by atoms with Crippen molar-refractivity contribution in [1.82, 2.24) is 0 Å². The maximum Gasteiger partial charge on any atom is 0.158 e. The van der Waals surface area contributed by atoms with Crippen molar-refractivity contribution in [2.75, 3.05) is 0 Å². The zero-order chi connectivity index (χ0) is 11.7. The van der Waals surface area contributed by atoms with Crippen LogP contribution >= 0.6 is 0 Å². The fourth-order valence-corrected chi connectivity index (χ4v) is 1.97. The van der Waals surface area contributed by atoms with Gasteiger partial charge in [0.05, 0.1) is 0 Å². The Hall–Kier alpha value is -1.71. The molecule has 1 aromatic carbocycles. The SMILES string of the molecule is NC1=CC(=O)CC(c2cc(F)ccc2F)C1. The van der Waals surface area contributed by atoms with Crippen LogP contribution in [0.25, 0.3) is 0 Å². The molecular weight excluding hydrogens is 212 g/mol. The van der Waals surface area contributed by atoms with Gasteiger partial charge in [-0.05, 0) is 42.2 Å². The van der Waals surface area contributed by atoms with E-state index >= 15 is 0 Å². The van der Waals surface area contributed by atoms with Crippen LogP contribution < -0.4 is 5.73 Å². The van der Waals surface area contributed by atoms with E-state index in [4.69, 9.17) is 5.73 Å². The molecule has 4 heteroatoms. The van der Waals surface area contributed by atoms with Gasteiger partial charge >= 0.3 is 0 Å². The fraction of sp³-hybridized carbons (Fsp3) is 0.250. The minimum absolute atomic E-state index is 0.141. The third-order valence-electron chi connectivity index (χ3n) is 2.67. The van der Waals surface area contributed by atoms with E-state index in [1.54, 1.807) is 0 Å². The van der Waals surface area contributed by atoms with Crippen LogP contribution in [0, 0.1) is 11.6 Å². The fourth-order valence-electron chi connectivity index (χ4n) is 1.97. The Balaban J connectivity index is 2.35. The molecule has 16 heavy (non-hydrogen) atoms. The predicted octanol–water partition coefficient (Wildman–Crippen LogP) is 2.25. The molecule has 2 nitrogen and oxygen atoms in total. The van der Waals surface area contributed by atoms with Crippen molar-refractivity contribution in [1.29, 1.82) is 0 Å². The molecule has 0 saturated carbocycles. The summed E-state index contributed by atoms with van der Waals surface area (Å²) in [5.74, 6) is -1.49. The van der Waals surface area contributed by atoms with Gasteiger partial charge in [-0.2, -0.15) is 0 Å². The molecule has 0 spiro atoms. The molecule has 0 fully saturated rings. The van der Waals surface area contributed by atoms with Crippen LogP contribution in [0.1, 0.15) is 24.3 Å². The second-order valence-corrected chi connectivity index (χ2v) is 3.96. The van der Waals surface area contributed by atoms with Crippen molar-refractivity contribution in [2.24, 2.45) is 5.73 Å². The number of allylic oxidation sites excluding steroid dienone is 2. The van der Waals surface area contributed by atoms with Crippen molar-refractivity contribution < 1.29 is 13.6 Å². The zero-order valence-electron chi connectivity index (χ0n) is 8.54. The van der Waals surface area contributed by atoms with Gasteiger partial charge in [-0.1, -0.05) is 0 Å². The lowest BCUT2D eigenvalue weighted by atomic mass is 9.85. The van der Waals surface area contributed by atoms with Gasteiger partial charge in [-0.3, -0.25) is 4.79 Å². The van der Waals surface area contributed by atoms with E-state index in [1.165, 1.54) is 6.08 Å². The molecule has 0 saturated heterocycles. The number of halogens is 2. The third kappa shape index (κ3) is 2.10. The number of benzene rings is 1. The molecule has 2 rings (SSSR count). The second-order valence-electron chi connectivity index (χ2n) is 3.96. The summed E-state index contributed by atoms with van der Waals surface area (Å²) >= 11 is 0. The monoisotopic (exact) mass is 223 g/mol. The molecule has 1 atom stereocenters. The Morgan fingerprint density at radius 3 is 2.69 bits per heavy atom. The van der Waals surface area contributed by atoms with Crippen molar-refractivity contribution in [2.45, 2.75) is 18.8 Å². The largest absolute Gasteiger partial charge is 0.402 e. The highest BCUT2D eigenvalue weighted by Gasteiger charge is 2.23. The Morgan fingerprint density at radius 1 is 1.25 bits per heavy atom. The van der Waals surface area contributed by atoms with E-state index in [0.717, 1.165) is 18.2 Å². The topological polar surface area (TPSA) is 43.1 Å². The Kier molecular flexibility index (Phi) is 2.73. The molecule has 2 N–H and O–H groups in total. The minimum Gasteiger partial charge on any atom is -0.402 e. The maximum absolute atomic E-state index is 13.5. The normalized spacial score (nSPS) is 20.8. The first kappa shape index (κ1) is 10.8. The third-order valence-corrected chi connectivity index (χ3v) is 2.67. The highest BCUT2D eigenvalue weighted by Crippen LogP contribution is 2.31. The zero-order valence-corrected chi connectivity index (χ0v) is 8.54. The van der Waals surface area contributed by atoms with Gasteiger partial charge in [-0.15, -0.1) is 0 Å². The number of carbonyl (C=O) groups excluding carboxylic acids is 1. The first-order valence-electron chi connectivity index (χ1n) is 5.00. The summed E-state index contributed by atoms with van der Waals surface area (Å²) in [6.45, 7) is 0. The molecular formula is C12H11F2NO. The first-order chi connectivity index (χ1) is 7.56. The van der Waals surface area contributed by atoms with Crippen LogP contribution in [0.3, 0.4) is 0 Å². The quantitative estimate of drug-likeness (QED) is 0.793. The lowest BCUT2D eigenvalue weighted by Gasteiger charge is -2.20. The summed E-state index contributed by atoms with van der Waals surface area (Å²) < 4.78 is 26.5.